The van der Waals surface area contributed by atoms with E-state index in [0.29, 0.717) is 0 Å². The second-order valence-electron chi connectivity index (χ2n) is 3.69. The monoisotopic (exact) mass is 219 g/mol. The quantitative estimate of drug-likeness (QED) is 0.564. The van der Waals surface area contributed by atoms with Gasteiger partial charge in [-0.05, 0) is 18.9 Å². The van der Waals surface area contributed by atoms with Crippen molar-refractivity contribution < 1.29 is 9.53 Å². The zero-order valence-electron chi connectivity index (χ0n) is 9.99. The van der Waals surface area contributed by atoms with E-state index in [0.717, 1.165) is 29.7 Å². The van der Waals surface area contributed by atoms with Crippen LogP contribution in [0.3, 0.4) is 0 Å². The molecule has 0 radical (unpaired) electrons. The summed E-state index contributed by atoms with van der Waals surface area (Å²) in [6.45, 7) is 3.98. The number of isocyanates is 1. The molecule has 1 atom stereocenters. The first kappa shape index (κ1) is 12.5. The van der Waals surface area contributed by atoms with Gasteiger partial charge in [-0.2, -0.15) is 4.99 Å². The predicted octanol–water partition coefficient (Wildman–Crippen LogP) is 3.04. The summed E-state index contributed by atoms with van der Waals surface area (Å²) in [5.74, 6) is 0.843. The topological polar surface area (TPSA) is 38.7 Å². The Bertz CT molecular complexity index is 395. The first-order chi connectivity index (χ1) is 7.74. The average molecular weight is 219 g/mol. The number of hydrogen-bond donors (Lipinski definition) is 0. The Morgan fingerprint density at radius 1 is 1.50 bits per heavy atom. The van der Waals surface area contributed by atoms with Gasteiger partial charge in [-0.15, -0.1) is 0 Å². The van der Waals surface area contributed by atoms with Crippen LogP contribution in [-0.2, 0) is 11.2 Å². The number of nitrogens with zero attached hydrogens (tertiary/aromatic N) is 1. The Morgan fingerprint density at radius 3 is 2.81 bits per heavy atom. The van der Waals surface area contributed by atoms with Gasteiger partial charge in [0.2, 0.25) is 6.08 Å². The van der Waals surface area contributed by atoms with Crippen LogP contribution in [0.4, 0.5) is 0 Å². The summed E-state index contributed by atoms with van der Waals surface area (Å²) in [6.07, 6.45) is 3.62. The fourth-order valence-corrected chi connectivity index (χ4v) is 1.80. The second-order valence-corrected chi connectivity index (χ2v) is 3.69. The summed E-state index contributed by atoms with van der Waals surface area (Å²) in [4.78, 5) is 14.0. The maximum absolute atomic E-state index is 10.3. The predicted molar refractivity (Wildman–Crippen MR) is 63.5 cm³/mol. The Labute approximate surface area is 96.2 Å². The number of aliphatic imine (C=N–C) groups is 1. The number of ether oxygens (including phenoxy) is 1. The van der Waals surface area contributed by atoms with Crippen LogP contribution in [0.5, 0.6) is 5.75 Å². The minimum Gasteiger partial charge on any atom is -0.496 e. The molecule has 0 aromatic heterocycles. The number of benzene rings is 1. The Kier molecular flexibility index (Phi) is 4.74. The molecule has 0 aliphatic heterocycles. The van der Waals surface area contributed by atoms with E-state index in [9.17, 15) is 4.79 Å². The van der Waals surface area contributed by atoms with E-state index in [1.807, 2.05) is 25.1 Å². The Hall–Kier alpha value is -1.60. The third-order valence-corrected chi connectivity index (χ3v) is 2.55. The fourth-order valence-electron chi connectivity index (χ4n) is 1.80. The SMILES string of the molecule is CCCc1cccc(C(C)N=C=O)c1OC. The third kappa shape index (κ3) is 2.71. The highest BCUT2D eigenvalue weighted by Gasteiger charge is 2.13. The molecule has 0 spiro atoms. The third-order valence-electron chi connectivity index (χ3n) is 2.55. The average Bonchev–Trinajstić information content (AvgIpc) is 2.29. The molecule has 0 saturated heterocycles. The van der Waals surface area contributed by atoms with E-state index < -0.39 is 0 Å². The van der Waals surface area contributed by atoms with Gasteiger partial charge in [0.25, 0.3) is 0 Å². The van der Waals surface area contributed by atoms with Crippen LogP contribution in [0.25, 0.3) is 0 Å². The lowest BCUT2D eigenvalue weighted by molar-refractivity contribution is 0.401. The van der Waals surface area contributed by atoms with Crippen molar-refractivity contribution in [1.29, 1.82) is 0 Å². The molecule has 0 saturated carbocycles. The molecule has 0 amide bonds. The Morgan fingerprint density at radius 2 is 2.25 bits per heavy atom. The van der Waals surface area contributed by atoms with E-state index >= 15 is 0 Å². The molecule has 1 rings (SSSR count). The van der Waals surface area contributed by atoms with E-state index in [2.05, 4.69) is 11.9 Å². The van der Waals surface area contributed by atoms with Gasteiger partial charge in [0.1, 0.15) is 5.75 Å². The number of methoxy groups -OCH3 is 1. The zero-order chi connectivity index (χ0) is 12.0. The van der Waals surface area contributed by atoms with Gasteiger partial charge in [-0.3, -0.25) is 0 Å². The lowest BCUT2D eigenvalue weighted by Gasteiger charge is -2.14. The molecule has 16 heavy (non-hydrogen) atoms. The minimum absolute atomic E-state index is 0.204. The fraction of sp³-hybridized carbons (Fsp3) is 0.462. The van der Waals surface area contributed by atoms with Crippen LogP contribution in [-0.4, -0.2) is 13.2 Å². The molecular weight excluding hydrogens is 202 g/mol. The number of aryl methyl sites for hydroxylation is 1. The van der Waals surface area contributed by atoms with Crippen molar-refractivity contribution in [3.05, 3.63) is 29.3 Å². The van der Waals surface area contributed by atoms with Crippen molar-refractivity contribution in [2.24, 2.45) is 4.99 Å². The van der Waals surface area contributed by atoms with Gasteiger partial charge in [0, 0.05) is 5.56 Å². The zero-order valence-corrected chi connectivity index (χ0v) is 9.99. The molecule has 0 heterocycles. The highest BCUT2D eigenvalue weighted by atomic mass is 16.5. The first-order valence-corrected chi connectivity index (χ1v) is 5.47. The summed E-state index contributed by atoms with van der Waals surface area (Å²) in [5, 5.41) is 0. The molecular formula is C13H17NO2. The molecule has 0 aliphatic carbocycles. The number of para-hydroxylation sites is 1. The molecule has 0 N–H and O–H groups in total. The number of hydrogen-bond acceptors (Lipinski definition) is 3. The highest BCUT2D eigenvalue weighted by molar-refractivity contribution is 5.45. The number of rotatable bonds is 5. The maximum Gasteiger partial charge on any atom is 0.235 e. The molecule has 1 aromatic rings. The normalized spacial score (nSPS) is 11.7. The van der Waals surface area contributed by atoms with E-state index in [4.69, 9.17) is 4.74 Å². The van der Waals surface area contributed by atoms with Crippen LogP contribution in [0.1, 0.15) is 37.4 Å². The Balaban J connectivity index is 3.17. The van der Waals surface area contributed by atoms with Gasteiger partial charge in [-0.25, -0.2) is 4.79 Å². The van der Waals surface area contributed by atoms with E-state index in [1.54, 1.807) is 13.2 Å². The van der Waals surface area contributed by atoms with Crippen molar-refractivity contribution in [2.75, 3.05) is 7.11 Å². The van der Waals surface area contributed by atoms with Crippen molar-refractivity contribution in [2.45, 2.75) is 32.7 Å². The standard InChI is InChI=1S/C13H17NO2/c1-4-6-11-7-5-8-12(13(11)16-3)10(2)14-9-15/h5,7-8,10H,4,6H2,1-3H3. The largest absolute Gasteiger partial charge is 0.496 e. The van der Waals surface area contributed by atoms with Crippen LogP contribution >= 0.6 is 0 Å². The van der Waals surface area contributed by atoms with Crippen molar-refractivity contribution in [3.63, 3.8) is 0 Å². The van der Waals surface area contributed by atoms with Gasteiger partial charge >= 0.3 is 0 Å². The molecule has 0 aliphatic rings. The molecule has 86 valence electrons. The smallest absolute Gasteiger partial charge is 0.235 e. The summed E-state index contributed by atoms with van der Waals surface area (Å²) in [7, 11) is 1.65. The van der Waals surface area contributed by atoms with Crippen LogP contribution in [0, 0.1) is 0 Å². The van der Waals surface area contributed by atoms with Gasteiger partial charge in [0.15, 0.2) is 0 Å². The molecule has 1 aromatic carbocycles. The van der Waals surface area contributed by atoms with Gasteiger partial charge < -0.3 is 4.74 Å². The molecule has 3 nitrogen and oxygen atoms in total. The van der Waals surface area contributed by atoms with Gasteiger partial charge in [-0.1, -0.05) is 31.5 Å². The summed E-state index contributed by atoms with van der Waals surface area (Å²) in [5.41, 5.74) is 2.10. The molecule has 0 bridgehead atoms. The summed E-state index contributed by atoms with van der Waals surface area (Å²) >= 11 is 0. The van der Waals surface area contributed by atoms with E-state index in [-0.39, 0.29) is 6.04 Å². The lowest BCUT2D eigenvalue weighted by atomic mass is 10.0. The lowest BCUT2D eigenvalue weighted by Crippen LogP contribution is -1.99. The second kappa shape index (κ2) is 6.09. The molecule has 3 heteroatoms. The minimum atomic E-state index is -0.204. The highest BCUT2D eigenvalue weighted by Crippen LogP contribution is 2.31. The van der Waals surface area contributed by atoms with Crippen molar-refractivity contribution in [1.82, 2.24) is 0 Å². The van der Waals surface area contributed by atoms with Crippen LogP contribution < -0.4 is 4.74 Å². The summed E-state index contributed by atoms with van der Waals surface area (Å²) < 4.78 is 5.41. The van der Waals surface area contributed by atoms with E-state index in [1.165, 1.54) is 0 Å². The summed E-state index contributed by atoms with van der Waals surface area (Å²) in [6, 6.07) is 5.75. The van der Waals surface area contributed by atoms with Crippen molar-refractivity contribution in [3.8, 4) is 5.75 Å². The first-order valence-electron chi connectivity index (χ1n) is 5.47. The van der Waals surface area contributed by atoms with Crippen molar-refractivity contribution >= 4 is 6.08 Å². The molecule has 1 unspecified atom stereocenters. The molecule has 0 fully saturated rings. The van der Waals surface area contributed by atoms with Crippen LogP contribution in [0.15, 0.2) is 23.2 Å². The number of carbonyl (C=O) groups excluding carboxylic acids is 1. The van der Waals surface area contributed by atoms with Gasteiger partial charge in [0.05, 0.1) is 13.2 Å². The maximum atomic E-state index is 10.3. The van der Waals surface area contributed by atoms with Crippen LogP contribution in [0.2, 0.25) is 0 Å².